The Balaban J connectivity index is 1.49. The summed E-state index contributed by atoms with van der Waals surface area (Å²) in [7, 11) is 0. The van der Waals surface area contributed by atoms with Gasteiger partial charge in [0.05, 0.1) is 11.5 Å². The molecule has 1 N–H and O–H groups in total. The maximum absolute atomic E-state index is 12.1. The molecule has 1 aliphatic rings. The molecule has 1 heterocycles. The number of nitro benzene ring substituents is 1. The van der Waals surface area contributed by atoms with Gasteiger partial charge in [-0.15, -0.1) is 0 Å². The molecular weight excluding hydrogens is 368 g/mol. The molecule has 9 nitrogen and oxygen atoms in total. The molecule has 0 spiro atoms. The lowest BCUT2D eigenvalue weighted by molar-refractivity contribution is -0.385. The summed E-state index contributed by atoms with van der Waals surface area (Å²) in [4.78, 5) is 34.5. The monoisotopic (exact) mass is 386 g/mol. The summed E-state index contributed by atoms with van der Waals surface area (Å²) in [5, 5.41) is 13.7. The first kappa shape index (κ1) is 19.2. The van der Waals surface area contributed by atoms with Crippen molar-refractivity contribution in [3.8, 4) is 11.5 Å². The zero-order chi connectivity index (χ0) is 20.1. The first-order chi connectivity index (χ1) is 13.5. The van der Waals surface area contributed by atoms with Crippen LogP contribution in [0.3, 0.4) is 0 Å². The molecule has 146 valence electrons. The van der Waals surface area contributed by atoms with Crippen LogP contribution in [0.25, 0.3) is 0 Å². The number of fused-ring (bicyclic) bond motifs is 1. The summed E-state index contributed by atoms with van der Waals surface area (Å²) < 4.78 is 16.2. The SMILES string of the molecule is Cc1cccc(C(=O)OCC(=O)NC[C@H]2COc3ccccc3O2)c1[N+](=O)[O-]. The predicted molar refractivity (Wildman–Crippen MR) is 97.5 cm³/mol. The number of hydrogen-bond acceptors (Lipinski definition) is 7. The van der Waals surface area contributed by atoms with Crippen LogP contribution in [0.15, 0.2) is 42.5 Å². The maximum Gasteiger partial charge on any atom is 0.345 e. The number of nitrogens with zero attached hydrogens (tertiary/aromatic N) is 1. The second-order valence-electron chi connectivity index (χ2n) is 6.11. The van der Waals surface area contributed by atoms with Crippen molar-refractivity contribution in [2.45, 2.75) is 13.0 Å². The number of ether oxygens (including phenoxy) is 3. The summed E-state index contributed by atoms with van der Waals surface area (Å²) in [5.41, 5.74) is -0.198. The lowest BCUT2D eigenvalue weighted by atomic mass is 10.1. The van der Waals surface area contributed by atoms with Gasteiger partial charge in [-0.2, -0.15) is 0 Å². The largest absolute Gasteiger partial charge is 0.486 e. The van der Waals surface area contributed by atoms with Crippen LogP contribution in [0.4, 0.5) is 5.69 Å². The topological polar surface area (TPSA) is 117 Å². The molecule has 9 heteroatoms. The van der Waals surface area contributed by atoms with E-state index >= 15 is 0 Å². The van der Waals surface area contributed by atoms with Crippen molar-refractivity contribution in [2.24, 2.45) is 0 Å². The molecule has 0 aromatic heterocycles. The summed E-state index contributed by atoms with van der Waals surface area (Å²) in [5.74, 6) is -0.257. The number of para-hydroxylation sites is 3. The molecule has 1 amide bonds. The Hall–Kier alpha value is -3.62. The van der Waals surface area contributed by atoms with Gasteiger partial charge in [-0.25, -0.2) is 4.79 Å². The van der Waals surface area contributed by atoms with Crippen LogP contribution < -0.4 is 14.8 Å². The zero-order valence-corrected chi connectivity index (χ0v) is 15.0. The Kier molecular flexibility index (Phi) is 5.73. The third-order valence-corrected chi connectivity index (χ3v) is 4.07. The number of hydrogen-bond donors (Lipinski definition) is 1. The lowest BCUT2D eigenvalue weighted by Gasteiger charge is -2.26. The number of rotatable bonds is 6. The van der Waals surface area contributed by atoms with Crippen molar-refractivity contribution < 1.29 is 28.7 Å². The number of carbonyl (C=O) groups is 2. The fourth-order valence-electron chi connectivity index (χ4n) is 2.72. The van der Waals surface area contributed by atoms with Gasteiger partial charge >= 0.3 is 5.97 Å². The molecular formula is C19H18N2O7. The third-order valence-electron chi connectivity index (χ3n) is 4.07. The van der Waals surface area contributed by atoms with Crippen molar-refractivity contribution in [1.29, 1.82) is 0 Å². The fraction of sp³-hybridized carbons (Fsp3) is 0.263. The van der Waals surface area contributed by atoms with Crippen LogP contribution >= 0.6 is 0 Å². The summed E-state index contributed by atoms with van der Waals surface area (Å²) in [6.07, 6.45) is -0.382. The molecule has 0 aliphatic carbocycles. The molecule has 2 aromatic carbocycles. The van der Waals surface area contributed by atoms with Gasteiger partial charge in [-0.05, 0) is 25.1 Å². The number of benzene rings is 2. The van der Waals surface area contributed by atoms with Gasteiger partial charge in [0.15, 0.2) is 18.1 Å². The highest BCUT2D eigenvalue weighted by atomic mass is 16.6. The second-order valence-corrected chi connectivity index (χ2v) is 6.11. The van der Waals surface area contributed by atoms with E-state index in [-0.39, 0.29) is 30.5 Å². The Bertz CT molecular complexity index is 913. The molecule has 0 fully saturated rings. The first-order valence-corrected chi connectivity index (χ1v) is 8.52. The summed E-state index contributed by atoms with van der Waals surface area (Å²) in [6.45, 7) is 1.39. The number of nitrogens with one attached hydrogen (secondary N) is 1. The van der Waals surface area contributed by atoms with Crippen molar-refractivity contribution in [1.82, 2.24) is 5.32 Å². The van der Waals surface area contributed by atoms with Gasteiger partial charge in [0, 0.05) is 5.56 Å². The van der Waals surface area contributed by atoms with Crippen LogP contribution in [-0.2, 0) is 9.53 Å². The molecule has 0 saturated heterocycles. The standard InChI is InChI=1S/C19H18N2O7/c1-12-5-4-6-14(18(12)21(24)25)19(23)27-11-17(22)20-9-13-10-26-15-7-2-3-8-16(15)28-13/h2-8,13H,9-11H2,1H3,(H,20,22)/t13-/m0/s1. The van der Waals surface area contributed by atoms with E-state index in [2.05, 4.69) is 5.32 Å². The predicted octanol–water partition coefficient (Wildman–Crippen LogP) is 2.02. The third kappa shape index (κ3) is 4.37. The van der Waals surface area contributed by atoms with Crippen molar-refractivity contribution in [3.63, 3.8) is 0 Å². The van der Waals surface area contributed by atoms with Crippen molar-refractivity contribution >= 4 is 17.6 Å². The Morgan fingerprint density at radius 1 is 1.21 bits per heavy atom. The lowest BCUT2D eigenvalue weighted by Crippen LogP contribution is -2.42. The van der Waals surface area contributed by atoms with E-state index in [1.807, 2.05) is 12.1 Å². The zero-order valence-electron chi connectivity index (χ0n) is 15.0. The van der Waals surface area contributed by atoms with E-state index in [0.29, 0.717) is 17.1 Å². The van der Waals surface area contributed by atoms with Crippen LogP contribution in [0.5, 0.6) is 11.5 Å². The average molecular weight is 386 g/mol. The highest BCUT2D eigenvalue weighted by Crippen LogP contribution is 2.30. The molecule has 0 bridgehead atoms. The van der Waals surface area contributed by atoms with Crippen molar-refractivity contribution in [2.75, 3.05) is 19.8 Å². The molecule has 1 atom stereocenters. The molecule has 0 unspecified atom stereocenters. The van der Waals surface area contributed by atoms with Crippen molar-refractivity contribution in [3.05, 3.63) is 63.7 Å². The van der Waals surface area contributed by atoms with Gasteiger partial charge in [0.2, 0.25) is 0 Å². The van der Waals surface area contributed by atoms with E-state index in [0.717, 1.165) is 0 Å². The molecule has 3 rings (SSSR count). The van der Waals surface area contributed by atoms with E-state index in [4.69, 9.17) is 14.2 Å². The van der Waals surface area contributed by atoms with Crippen LogP contribution in [0.2, 0.25) is 0 Å². The molecule has 2 aromatic rings. The fourth-order valence-corrected chi connectivity index (χ4v) is 2.72. The Labute approximate surface area is 160 Å². The van der Waals surface area contributed by atoms with E-state index < -0.39 is 23.4 Å². The van der Waals surface area contributed by atoms with E-state index in [1.165, 1.54) is 25.1 Å². The quantitative estimate of drug-likeness (QED) is 0.458. The highest BCUT2D eigenvalue weighted by molar-refractivity contribution is 5.95. The smallest absolute Gasteiger partial charge is 0.345 e. The average Bonchev–Trinajstić information content (AvgIpc) is 2.69. The number of amides is 1. The number of esters is 1. The Morgan fingerprint density at radius 2 is 1.96 bits per heavy atom. The molecule has 1 aliphatic heterocycles. The van der Waals surface area contributed by atoms with Gasteiger partial charge in [0.25, 0.3) is 11.6 Å². The van der Waals surface area contributed by atoms with E-state index in [1.54, 1.807) is 12.1 Å². The molecule has 0 radical (unpaired) electrons. The minimum absolute atomic E-state index is 0.162. The Morgan fingerprint density at radius 3 is 2.71 bits per heavy atom. The van der Waals surface area contributed by atoms with E-state index in [9.17, 15) is 19.7 Å². The minimum atomic E-state index is -0.934. The van der Waals surface area contributed by atoms with Crippen LogP contribution in [-0.4, -0.2) is 42.7 Å². The minimum Gasteiger partial charge on any atom is -0.486 e. The van der Waals surface area contributed by atoms with Gasteiger partial charge in [0.1, 0.15) is 18.3 Å². The van der Waals surface area contributed by atoms with Crippen LogP contribution in [0, 0.1) is 17.0 Å². The molecule has 0 saturated carbocycles. The maximum atomic E-state index is 12.1. The number of nitro groups is 1. The van der Waals surface area contributed by atoms with Crippen LogP contribution in [0.1, 0.15) is 15.9 Å². The number of carbonyl (C=O) groups excluding carboxylic acids is 2. The van der Waals surface area contributed by atoms with Gasteiger partial charge < -0.3 is 19.5 Å². The molecule has 28 heavy (non-hydrogen) atoms. The van der Waals surface area contributed by atoms with Gasteiger partial charge in [-0.3, -0.25) is 14.9 Å². The second kappa shape index (κ2) is 8.38. The number of aryl methyl sites for hydroxylation is 1. The summed E-state index contributed by atoms with van der Waals surface area (Å²) >= 11 is 0. The van der Waals surface area contributed by atoms with Gasteiger partial charge in [-0.1, -0.05) is 24.3 Å². The highest BCUT2D eigenvalue weighted by Gasteiger charge is 2.25. The normalized spacial score (nSPS) is 14.8. The first-order valence-electron chi connectivity index (χ1n) is 8.52. The summed E-state index contributed by atoms with van der Waals surface area (Å²) in [6, 6.07) is 11.5.